The van der Waals surface area contributed by atoms with Gasteiger partial charge in [0.1, 0.15) is 5.60 Å². The van der Waals surface area contributed by atoms with Crippen LogP contribution in [-0.2, 0) is 4.74 Å². The number of nitrogens with zero attached hydrogens (tertiary/aromatic N) is 2. The van der Waals surface area contributed by atoms with Gasteiger partial charge in [-0.05, 0) is 19.2 Å². The summed E-state index contributed by atoms with van der Waals surface area (Å²) in [5.41, 5.74) is 6.92. The fraction of sp³-hybridized carbons (Fsp3) is 0.462. The van der Waals surface area contributed by atoms with Crippen molar-refractivity contribution in [2.45, 2.75) is 12.0 Å². The van der Waals surface area contributed by atoms with Crippen molar-refractivity contribution in [1.29, 1.82) is 0 Å². The average molecular weight is 247 g/mol. The standard InChI is InChI=1S/C13H17N3O2/c1-15-7-6-13(8-15)9-16(12(17)18-13)11-5-3-2-4-10(11)14/h2-5H,6-9,14H2,1H3. The maximum Gasteiger partial charge on any atom is 0.415 e. The molecule has 2 heterocycles. The second-order valence-corrected chi connectivity index (χ2v) is 5.18. The summed E-state index contributed by atoms with van der Waals surface area (Å²) in [5, 5.41) is 0. The summed E-state index contributed by atoms with van der Waals surface area (Å²) in [4.78, 5) is 15.9. The van der Waals surface area contributed by atoms with E-state index in [1.54, 1.807) is 11.0 Å². The second-order valence-electron chi connectivity index (χ2n) is 5.18. The van der Waals surface area contributed by atoms with Crippen molar-refractivity contribution in [2.75, 3.05) is 37.3 Å². The van der Waals surface area contributed by atoms with Crippen LogP contribution in [0.2, 0.25) is 0 Å². The van der Waals surface area contributed by atoms with Gasteiger partial charge in [-0.1, -0.05) is 12.1 Å². The summed E-state index contributed by atoms with van der Waals surface area (Å²) < 4.78 is 5.59. The molecule has 5 nitrogen and oxygen atoms in total. The van der Waals surface area contributed by atoms with Gasteiger partial charge in [0.05, 0.1) is 17.9 Å². The molecule has 1 unspecified atom stereocenters. The maximum absolute atomic E-state index is 12.0. The smallest absolute Gasteiger partial charge is 0.415 e. The molecule has 5 heteroatoms. The van der Waals surface area contributed by atoms with Gasteiger partial charge < -0.3 is 15.4 Å². The molecule has 0 radical (unpaired) electrons. The summed E-state index contributed by atoms with van der Waals surface area (Å²) >= 11 is 0. The molecule has 1 aromatic carbocycles. The highest BCUT2D eigenvalue weighted by molar-refractivity contribution is 5.93. The molecule has 1 aromatic rings. The molecule has 0 bridgehead atoms. The van der Waals surface area contributed by atoms with Gasteiger partial charge in [-0.15, -0.1) is 0 Å². The number of ether oxygens (including phenoxy) is 1. The van der Waals surface area contributed by atoms with Crippen LogP contribution in [0.3, 0.4) is 0 Å². The zero-order valence-corrected chi connectivity index (χ0v) is 10.4. The van der Waals surface area contributed by atoms with Gasteiger partial charge in [0.15, 0.2) is 0 Å². The predicted octanol–water partition coefficient (Wildman–Crippen LogP) is 1.30. The third-order valence-electron chi connectivity index (χ3n) is 3.71. The lowest BCUT2D eigenvalue weighted by atomic mass is 10.0. The average Bonchev–Trinajstić information content (AvgIpc) is 2.84. The summed E-state index contributed by atoms with van der Waals surface area (Å²) in [6, 6.07) is 7.40. The summed E-state index contributed by atoms with van der Waals surface area (Å²) in [7, 11) is 2.04. The molecular weight excluding hydrogens is 230 g/mol. The Hall–Kier alpha value is -1.75. The summed E-state index contributed by atoms with van der Waals surface area (Å²) in [6.45, 7) is 2.34. The number of likely N-dealkylation sites (tertiary alicyclic amines) is 1. The van der Waals surface area contributed by atoms with E-state index in [-0.39, 0.29) is 11.7 Å². The Morgan fingerprint density at radius 3 is 2.78 bits per heavy atom. The number of benzene rings is 1. The zero-order valence-electron chi connectivity index (χ0n) is 10.4. The van der Waals surface area contributed by atoms with Gasteiger partial charge in [-0.2, -0.15) is 0 Å². The van der Waals surface area contributed by atoms with E-state index in [9.17, 15) is 4.79 Å². The number of likely N-dealkylation sites (N-methyl/N-ethyl adjacent to an activating group) is 1. The van der Waals surface area contributed by atoms with Crippen LogP contribution in [0.25, 0.3) is 0 Å². The Balaban J connectivity index is 1.88. The maximum atomic E-state index is 12.0. The Bertz CT molecular complexity index is 491. The molecule has 2 fully saturated rings. The highest BCUT2D eigenvalue weighted by Gasteiger charge is 2.49. The van der Waals surface area contributed by atoms with Crippen LogP contribution in [0.4, 0.5) is 16.2 Å². The van der Waals surface area contributed by atoms with Gasteiger partial charge in [0.2, 0.25) is 0 Å². The van der Waals surface area contributed by atoms with Gasteiger partial charge in [0, 0.05) is 19.5 Å². The monoisotopic (exact) mass is 247 g/mol. The lowest BCUT2D eigenvalue weighted by Gasteiger charge is -2.20. The van der Waals surface area contributed by atoms with E-state index in [0.29, 0.717) is 12.2 Å². The van der Waals surface area contributed by atoms with E-state index in [1.165, 1.54) is 0 Å². The molecule has 3 rings (SSSR count). The third kappa shape index (κ3) is 1.71. The number of rotatable bonds is 1. The minimum absolute atomic E-state index is 0.289. The molecule has 2 N–H and O–H groups in total. The number of anilines is 2. The second kappa shape index (κ2) is 3.88. The number of carbonyl (C=O) groups excluding carboxylic acids is 1. The molecule has 1 spiro atoms. The lowest BCUT2D eigenvalue weighted by Crippen LogP contribution is -2.37. The van der Waals surface area contributed by atoms with Gasteiger partial charge in [-0.25, -0.2) is 4.79 Å². The molecule has 2 saturated heterocycles. The molecule has 1 atom stereocenters. The van der Waals surface area contributed by atoms with E-state index >= 15 is 0 Å². The highest BCUT2D eigenvalue weighted by atomic mass is 16.6. The van der Waals surface area contributed by atoms with Crippen molar-refractivity contribution >= 4 is 17.5 Å². The van der Waals surface area contributed by atoms with E-state index in [2.05, 4.69) is 4.90 Å². The molecule has 1 amide bonds. The van der Waals surface area contributed by atoms with Crippen LogP contribution in [0.5, 0.6) is 0 Å². The molecule has 0 saturated carbocycles. The van der Waals surface area contributed by atoms with Crippen molar-refractivity contribution in [3.63, 3.8) is 0 Å². The number of amides is 1. The number of hydrogen-bond donors (Lipinski definition) is 1. The van der Waals surface area contributed by atoms with E-state index in [1.807, 2.05) is 25.2 Å². The third-order valence-corrected chi connectivity index (χ3v) is 3.71. The first kappa shape index (κ1) is 11.3. The van der Waals surface area contributed by atoms with E-state index in [4.69, 9.17) is 10.5 Å². The minimum atomic E-state index is -0.353. The number of para-hydroxylation sites is 2. The van der Waals surface area contributed by atoms with Crippen LogP contribution >= 0.6 is 0 Å². The molecule has 2 aliphatic heterocycles. The van der Waals surface area contributed by atoms with E-state index in [0.717, 1.165) is 25.2 Å². The number of carbonyl (C=O) groups is 1. The zero-order chi connectivity index (χ0) is 12.8. The molecular formula is C13H17N3O2. The normalized spacial score (nSPS) is 28.1. The van der Waals surface area contributed by atoms with Gasteiger partial charge >= 0.3 is 6.09 Å². The summed E-state index contributed by atoms with van der Waals surface area (Å²) in [6.07, 6.45) is 0.599. The SMILES string of the molecule is CN1CCC2(C1)CN(c1ccccc1N)C(=O)O2. The van der Waals surface area contributed by atoms with E-state index < -0.39 is 0 Å². The van der Waals surface area contributed by atoms with Crippen molar-refractivity contribution in [2.24, 2.45) is 0 Å². The van der Waals surface area contributed by atoms with Crippen LogP contribution < -0.4 is 10.6 Å². The first-order valence-corrected chi connectivity index (χ1v) is 6.13. The molecule has 18 heavy (non-hydrogen) atoms. The Morgan fingerprint density at radius 1 is 1.33 bits per heavy atom. The fourth-order valence-electron chi connectivity index (χ4n) is 2.80. The molecule has 2 aliphatic rings. The van der Waals surface area contributed by atoms with Gasteiger partial charge in [0.25, 0.3) is 0 Å². The van der Waals surface area contributed by atoms with Gasteiger partial charge in [-0.3, -0.25) is 4.90 Å². The van der Waals surface area contributed by atoms with Crippen LogP contribution in [0, 0.1) is 0 Å². The highest BCUT2D eigenvalue weighted by Crippen LogP contribution is 2.36. The van der Waals surface area contributed by atoms with Crippen LogP contribution in [0.15, 0.2) is 24.3 Å². The topological polar surface area (TPSA) is 58.8 Å². The Morgan fingerprint density at radius 2 is 2.11 bits per heavy atom. The van der Waals surface area contributed by atoms with Crippen molar-refractivity contribution in [3.05, 3.63) is 24.3 Å². The molecule has 0 aromatic heterocycles. The Kier molecular flexibility index (Phi) is 2.45. The summed E-state index contributed by atoms with van der Waals surface area (Å²) in [5.74, 6) is 0. The number of hydrogen-bond acceptors (Lipinski definition) is 4. The Labute approximate surface area is 106 Å². The van der Waals surface area contributed by atoms with Crippen molar-refractivity contribution in [3.8, 4) is 0 Å². The predicted molar refractivity (Wildman–Crippen MR) is 69.5 cm³/mol. The van der Waals surface area contributed by atoms with Crippen LogP contribution in [0.1, 0.15) is 6.42 Å². The van der Waals surface area contributed by atoms with Crippen LogP contribution in [-0.4, -0.2) is 43.3 Å². The quantitative estimate of drug-likeness (QED) is 0.760. The lowest BCUT2D eigenvalue weighted by molar-refractivity contribution is 0.0658. The minimum Gasteiger partial charge on any atom is -0.439 e. The molecule has 96 valence electrons. The first-order valence-electron chi connectivity index (χ1n) is 6.13. The largest absolute Gasteiger partial charge is 0.439 e. The van der Waals surface area contributed by atoms with Crippen molar-refractivity contribution in [1.82, 2.24) is 4.90 Å². The fourth-order valence-corrected chi connectivity index (χ4v) is 2.80. The van der Waals surface area contributed by atoms with Crippen molar-refractivity contribution < 1.29 is 9.53 Å². The molecule has 0 aliphatic carbocycles. The number of nitrogens with two attached hydrogens (primary N) is 1. The first-order chi connectivity index (χ1) is 8.60. The number of nitrogen functional groups attached to an aromatic ring is 1.